The smallest absolute Gasteiger partial charge is 0.266 e. The highest BCUT2D eigenvalue weighted by Gasteiger charge is 2.28. The number of hydrogen-bond donors (Lipinski definition) is 3. The highest BCUT2D eigenvalue weighted by atomic mass is 32.2. The number of carbonyl (C=O) groups excluding carboxylic acids is 2. The normalized spacial score (nSPS) is 15.3. The summed E-state index contributed by atoms with van der Waals surface area (Å²) < 4.78 is 102. The van der Waals surface area contributed by atoms with Gasteiger partial charge in [0.05, 0.1) is 47.6 Å². The summed E-state index contributed by atoms with van der Waals surface area (Å²) in [5.74, 6) is -2.04. The summed E-state index contributed by atoms with van der Waals surface area (Å²) in [5, 5.41) is 17.1. The molecule has 4 aromatic carbocycles. The Kier molecular flexibility index (Phi) is 18.8. The molecule has 2 unspecified atom stereocenters. The van der Waals surface area contributed by atoms with Crippen LogP contribution >= 0.6 is 22.7 Å². The number of sulfonamides is 2. The van der Waals surface area contributed by atoms with Crippen molar-refractivity contribution in [3.05, 3.63) is 119 Å². The van der Waals surface area contributed by atoms with Gasteiger partial charge in [-0.1, -0.05) is 48.5 Å². The number of thiazole rings is 2. The van der Waals surface area contributed by atoms with Gasteiger partial charge in [0.1, 0.15) is 0 Å². The van der Waals surface area contributed by atoms with Crippen LogP contribution in [0.3, 0.4) is 0 Å². The summed E-state index contributed by atoms with van der Waals surface area (Å²) in [6.07, 6.45) is -1.86. The summed E-state index contributed by atoms with van der Waals surface area (Å²) in [6, 6.07) is 24.6. The third-order valence-electron chi connectivity index (χ3n) is 10.0. The van der Waals surface area contributed by atoms with Gasteiger partial charge in [0, 0.05) is 54.7 Å². The maximum Gasteiger partial charge on any atom is 0.266 e. The van der Waals surface area contributed by atoms with E-state index in [0.29, 0.717) is 85.4 Å². The quantitative estimate of drug-likeness (QED) is 0.103. The van der Waals surface area contributed by atoms with Crippen LogP contribution in [0.5, 0.6) is 11.5 Å². The van der Waals surface area contributed by atoms with E-state index in [0.717, 1.165) is 0 Å². The van der Waals surface area contributed by atoms with Crippen molar-refractivity contribution in [3.8, 4) is 34.0 Å². The fourth-order valence-electron chi connectivity index (χ4n) is 6.38. The van der Waals surface area contributed by atoms with Crippen molar-refractivity contribution in [3.63, 3.8) is 0 Å². The number of nitrogens with zero attached hydrogens (tertiary/aromatic N) is 4. The molecule has 0 aliphatic carbocycles. The second-order valence-electron chi connectivity index (χ2n) is 14.8. The molecule has 368 valence electrons. The van der Waals surface area contributed by atoms with Crippen molar-refractivity contribution < 1.29 is 59.3 Å². The molecule has 17 nitrogen and oxygen atoms in total. The molecule has 0 spiro atoms. The van der Waals surface area contributed by atoms with Gasteiger partial charge >= 0.3 is 0 Å². The lowest BCUT2D eigenvalue weighted by Gasteiger charge is -2.26. The number of hydrogen-bond acceptors (Lipinski definition) is 15. The molecule has 6 aromatic rings. The Labute approximate surface area is 406 Å². The average molecular weight is 1030 g/mol. The van der Waals surface area contributed by atoms with Crippen molar-refractivity contribution in [1.82, 2.24) is 18.6 Å². The minimum absolute atomic E-state index is 0.00732. The topological polar surface area (TPSA) is 216 Å². The van der Waals surface area contributed by atoms with Crippen molar-refractivity contribution in [1.29, 1.82) is 0 Å². The monoisotopic (exact) mass is 1030 g/mol. The van der Waals surface area contributed by atoms with Gasteiger partial charge in [0.15, 0.2) is 45.6 Å². The lowest BCUT2D eigenvalue weighted by Crippen LogP contribution is -2.40. The van der Waals surface area contributed by atoms with Crippen LogP contribution < -0.4 is 20.1 Å². The number of anilines is 2. The minimum atomic E-state index is -3.57. The molecule has 2 fully saturated rings. The molecule has 4 heterocycles. The number of morpholine rings is 2. The molecule has 69 heavy (non-hydrogen) atoms. The number of halogens is 2. The van der Waals surface area contributed by atoms with Crippen LogP contribution in [0.2, 0.25) is 0 Å². The predicted octanol–water partition coefficient (Wildman–Crippen LogP) is 6.75. The van der Waals surface area contributed by atoms with Crippen molar-refractivity contribution in [2.45, 2.75) is 42.8 Å². The number of para-hydroxylation sites is 2. The number of benzene rings is 4. The zero-order valence-corrected chi connectivity index (χ0v) is 40.9. The molecule has 8 rings (SSSR count). The van der Waals surface area contributed by atoms with E-state index in [1.807, 2.05) is 0 Å². The molecule has 2 aliphatic rings. The van der Waals surface area contributed by atoms with Gasteiger partial charge in [-0.3, -0.25) is 20.2 Å². The van der Waals surface area contributed by atoms with Crippen molar-refractivity contribution in [2.75, 3.05) is 69.8 Å². The Balaban J connectivity index is 0.000000215. The number of aliphatic hydroxyl groups is 1. The lowest BCUT2D eigenvalue weighted by atomic mass is 10.2. The summed E-state index contributed by atoms with van der Waals surface area (Å²) in [4.78, 5) is 34.0. The van der Waals surface area contributed by atoms with Crippen LogP contribution in [0.15, 0.2) is 118 Å². The molecule has 0 bridgehead atoms. The first-order valence-corrected chi connectivity index (χ1v) is 26.1. The molecule has 0 radical (unpaired) electrons. The van der Waals surface area contributed by atoms with Crippen LogP contribution in [0.25, 0.3) is 22.5 Å². The minimum Gasteiger partial charge on any atom is -0.478 e. The van der Waals surface area contributed by atoms with Crippen molar-refractivity contribution >= 4 is 64.8 Å². The Morgan fingerprint density at radius 2 is 0.971 bits per heavy atom. The zero-order chi connectivity index (χ0) is 49.6. The van der Waals surface area contributed by atoms with Gasteiger partial charge in [0.2, 0.25) is 20.0 Å². The molecule has 2 saturated heterocycles. The summed E-state index contributed by atoms with van der Waals surface area (Å²) in [5.41, 5.74) is 2.60. The van der Waals surface area contributed by atoms with E-state index in [1.54, 1.807) is 78.3 Å². The SMILES string of the molecule is CC(Oc1ccccc1F)C(=O)Nc1nc(-c2ccc(S(=O)(=O)N3CCOCC3)cc2)cs1.CC(Oc1ccccc1F)C(=O)Nc1nc(-c2ccc(S(=O)(=O)N3CCOCC3)cc2)cs1.CCO. The van der Waals surface area contributed by atoms with Gasteiger partial charge in [0.25, 0.3) is 11.8 Å². The summed E-state index contributed by atoms with van der Waals surface area (Å²) in [6.45, 7) is 7.83. The molecule has 23 heteroatoms. The molecule has 3 N–H and O–H groups in total. The fourth-order valence-corrected chi connectivity index (χ4v) is 10.6. The molecule has 2 aromatic heterocycles. The van der Waals surface area contributed by atoms with E-state index < -0.39 is 55.7 Å². The molecular formula is C46H50F2N6O11S4. The Morgan fingerprint density at radius 3 is 1.30 bits per heavy atom. The molecule has 0 saturated carbocycles. The van der Waals surface area contributed by atoms with Crippen LogP contribution in [0, 0.1) is 11.6 Å². The third kappa shape index (κ3) is 14.2. The summed E-state index contributed by atoms with van der Waals surface area (Å²) >= 11 is 2.44. The van der Waals surface area contributed by atoms with E-state index in [2.05, 4.69) is 20.6 Å². The van der Waals surface area contributed by atoms with E-state index in [4.69, 9.17) is 24.1 Å². The first-order valence-electron chi connectivity index (χ1n) is 21.4. The molecule has 2 amide bonds. The largest absolute Gasteiger partial charge is 0.478 e. The lowest BCUT2D eigenvalue weighted by molar-refractivity contribution is -0.122. The van der Waals surface area contributed by atoms with E-state index in [-0.39, 0.29) is 27.9 Å². The fraction of sp³-hybridized carbons (Fsp3) is 0.304. The highest BCUT2D eigenvalue weighted by molar-refractivity contribution is 7.89. The number of aliphatic hydroxyl groups excluding tert-OH is 1. The molecular weight excluding hydrogens is 979 g/mol. The zero-order valence-electron chi connectivity index (χ0n) is 37.6. The summed E-state index contributed by atoms with van der Waals surface area (Å²) in [7, 11) is -7.14. The van der Waals surface area contributed by atoms with Gasteiger partial charge in [-0.25, -0.2) is 35.6 Å². The van der Waals surface area contributed by atoms with Crippen LogP contribution in [-0.2, 0) is 39.1 Å². The third-order valence-corrected chi connectivity index (χ3v) is 15.3. The Bertz CT molecular complexity index is 2660. The van der Waals surface area contributed by atoms with Gasteiger partial charge in [-0.2, -0.15) is 8.61 Å². The van der Waals surface area contributed by atoms with Gasteiger partial charge in [-0.05, 0) is 69.3 Å². The second-order valence-corrected chi connectivity index (χ2v) is 20.4. The first-order chi connectivity index (χ1) is 33.1. The maximum atomic E-state index is 13.7. The Morgan fingerprint density at radius 1 is 0.638 bits per heavy atom. The standard InChI is InChI=1S/2C22H22FN3O5S2.C2H6O/c2*1-15(31-20-5-3-2-4-18(20)23)21(27)25-22-24-19(14-32-22)16-6-8-17(9-7-16)33(28,29)26-10-12-30-13-11-26;1-2-3/h2*2-9,14-15H,10-13H2,1H3,(H,24,25,27);3H,2H2,1H3. The van der Waals surface area contributed by atoms with E-state index in [1.165, 1.54) is 81.5 Å². The van der Waals surface area contributed by atoms with Crippen molar-refractivity contribution in [2.24, 2.45) is 0 Å². The number of carbonyl (C=O) groups is 2. The van der Waals surface area contributed by atoms with Crippen LogP contribution in [0.4, 0.5) is 19.0 Å². The molecule has 2 aliphatic heterocycles. The number of amides is 2. The average Bonchev–Trinajstić information content (AvgIpc) is 4.04. The van der Waals surface area contributed by atoms with Gasteiger partial charge < -0.3 is 24.1 Å². The van der Waals surface area contributed by atoms with E-state index in [9.17, 15) is 35.2 Å². The highest BCUT2D eigenvalue weighted by Crippen LogP contribution is 2.29. The number of nitrogens with one attached hydrogen (secondary N) is 2. The Hall–Kier alpha value is -5.76. The van der Waals surface area contributed by atoms with Crippen LogP contribution in [0.1, 0.15) is 20.8 Å². The van der Waals surface area contributed by atoms with Crippen LogP contribution in [-0.4, -0.2) is 124 Å². The molecule has 2 atom stereocenters. The number of rotatable bonds is 14. The maximum absolute atomic E-state index is 13.7. The number of ether oxygens (including phenoxy) is 4. The second kappa shape index (κ2) is 24.7. The number of aromatic nitrogens is 2. The van der Waals surface area contributed by atoms with E-state index >= 15 is 0 Å². The van der Waals surface area contributed by atoms with Gasteiger partial charge in [-0.15, -0.1) is 22.7 Å². The first kappa shape index (κ1) is 52.6. The predicted molar refractivity (Wildman–Crippen MR) is 257 cm³/mol.